The molecule has 3 rings (SSSR count). The Labute approximate surface area is 174 Å². The first-order chi connectivity index (χ1) is 13.2. The summed E-state index contributed by atoms with van der Waals surface area (Å²) in [7, 11) is 1.55. The van der Waals surface area contributed by atoms with Crippen molar-refractivity contribution in [3.05, 3.63) is 70.4 Å². The topological polar surface area (TPSA) is 55.6 Å². The Morgan fingerprint density at radius 2 is 1.93 bits per heavy atom. The van der Waals surface area contributed by atoms with Crippen LogP contribution in [0.15, 0.2) is 48.5 Å². The van der Waals surface area contributed by atoms with Gasteiger partial charge >= 0.3 is 0 Å². The molecule has 4 nitrogen and oxygen atoms in total. The van der Waals surface area contributed by atoms with E-state index in [1.807, 2.05) is 36.4 Å². The van der Waals surface area contributed by atoms with Gasteiger partial charge in [-0.2, -0.15) is 0 Å². The molecule has 1 heterocycles. The van der Waals surface area contributed by atoms with Crippen LogP contribution in [0.3, 0.4) is 0 Å². The first-order valence-electron chi connectivity index (χ1n) is 8.87. The number of thiophene rings is 1. The number of nitrogens with two attached hydrogens (primary N) is 1. The summed E-state index contributed by atoms with van der Waals surface area (Å²) in [6.07, 6.45) is 0.706. The van der Waals surface area contributed by atoms with E-state index in [0.29, 0.717) is 41.9 Å². The first-order valence-corrected chi connectivity index (χ1v) is 9.69. The molecule has 2 N–H and O–H groups in total. The molecule has 0 spiro atoms. The second kappa shape index (κ2) is 10.5. The molecule has 0 saturated heterocycles. The maximum Gasteiger partial charge on any atom is 0.264 e. The fraction of sp³-hybridized carbons (Fsp3) is 0.286. The Bertz CT molecular complexity index is 917. The number of amides is 1. The molecule has 0 atom stereocenters. The van der Waals surface area contributed by atoms with Crippen molar-refractivity contribution in [1.29, 1.82) is 0 Å². The van der Waals surface area contributed by atoms with Crippen LogP contribution in [0.4, 0.5) is 4.39 Å². The van der Waals surface area contributed by atoms with E-state index in [1.165, 1.54) is 17.4 Å². The average molecular weight is 423 g/mol. The van der Waals surface area contributed by atoms with Crippen LogP contribution in [0, 0.1) is 5.82 Å². The van der Waals surface area contributed by atoms with Gasteiger partial charge in [0.05, 0.1) is 11.5 Å². The monoisotopic (exact) mass is 422 g/mol. The molecular formula is C21H24ClFN2O2S. The average Bonchev–Trinajstić information content (AvgIpc) is 3.05. The lowest BCUT2D eigenvalue weighted by Crippen LogP contribution is -2.32. The number of nitrogens with zero attached hydrogens (tertiary/aromatic N) is 1. The second-order valence-electron chi connectivity index (χ2n) is 6.31. The molecule has 0 fully saturated rings. The molecule has 1 aromatic heterocycles. The molecule has 2 aromatic carbocycles. The van der Waals surface area contributed by atoms with Gasteiger partial charge in [-0.15, -0.1) is 23.7 Å². The van der Waals surface area contributed by atoms with Crippen molar-refractivity contribution in [3.63, 3.8) is 0 Å². The minimum atomic E-state index is -0.327. The number of benzene rings is 2. The van der Waals surface area contributed by atoms with E-state index in [1.54, 1.807) is 18.1 Å². The lowest BCUT2D eigenvalue weighted by Gasteiger charge is -2.23. The molecule has 0 aliphatic carbocycles. The number of hydrogen-bond donors (Lipinski definition) is 1. The van der Waals surface area contributed by atoms with Gasteiger partial charge in [-0.1, -0.05) is 36.4 Å². The molecular weight excluding hydrogens is 399 g/mol. The standard InChI is InChI=1S/C21H23FN2O2S.ClH/c1-26-14-16-19-17(22)9-5-10-18(19)27-20(16)21(25)24(12-6-11-23)13-15-7-3-2-4-8-15;/h2-5,7-10H,6,11-14,23H2,1H3;1H. The largest absolute Gasteiger partial charge is 0.380 e. The van der Waals surface area contributed by atoms with Crippen molar-refractivity contribution < 1.29 is 13.9 Å². The van der Waals surface area contributed by atoms with E-state index in [0.717, 1.165) is 10.3 Å². The summed E-state index contributed by atoms with van der Waals surface area (Å²) in [5.74, 6) is -0.439. The summed E-state index contributed by atoms with van der Waals surface area (Å²) in [5.41, 5.74) is 7.32. The molecule has 0 bridgehead atoms. The second-order valence-corrected chi connectivity index (χ2v) is 7.36. The van der Waals surface area contributed by atoms with Gasteiger partial charge in [0.1, 0.15) is 5.82 Å². The third-order valence-corrected chi connectivity index (χ3v) is 5.57. The molecule has 0 aliphatic heterocycles. The number of carbonyl (C=O) groups excluding carboxylic acids is 1. The van der Waals surface area contributed by atoms with Crippen LogP contribution < -0.4 is 5.73 Å². The van der Waals surface area contributed by atoms with Gasteiger partial charge in [0.25, 0.3) is 5.91 Å². The SMILES string of the molecule is COCc1c(C(=O)N(CCCN)Cc2ccccc2)sc2cccc(F)c12.Cl. The molecule has 150 valence electrons. The zero-order valence-electron chi connectivity index (χ0n) is 15.7. The quantitative estimate of drug-likeness (QED) is 0.577. The number of fused-ring (bicyclic) bond motifs is 1. The Hall–Kier alpha value is -1.99. The zero-order chi connectivity index (χ0) is 19.2. The van der Waals surface area contributed by atoms with Crippen molar-refractivity contribution in [2.45, 2.75) is 19.6 Å². The lowest BCUT2D eigenvalue weighted by atomic mass is 10.1. The van der Waals surface area contributed by atoms with E-state index in [-0.39, 0.29) is 30.7 Å². The number of methoxy groups -OCH3 is 1. The van der Waals surface area contributed by atoms with Gasteiger partial charge in [0.15, 0.2) is 0 Å². The van der Waals surface area contributed by atoms with Crippen molar-refractivity contribution >= 4 is 39.7 Å². The van der Waals surface area contributed by atoms with Crippen LogP contribution >= 0.6 is 23.7 Å². The molecule has 0 radical (unpaired) electrons. The third-order valence-electron chi connectivity index (χ3n) is 4.38. The molecule has 1 amide bonds. The summed E-state index contributed by atoms with van der Waals surface area (Å²) in [6.45, 7) is 1.73. The van der Waals surface area contributed by atoms with Gasteiger partial charge in [-0.25, -0.2) is 4.39 Å². The van der Waals surface area contributed by atoms with Crippen molar-refractivity contribution in [1.82, 2.24) is 4.90 Å². The smallest absolute Gasteiger partial charge is 0.264 e. The third kappa shape index (κ3) is 4.89. The van der Waals surface area contributed by atoms with E-state index in [9.17, 15) is 9.18 Å². The summed E-state index contributed by atoms with van der Waals surface area (Å²) in [5, 5.41) is 0.478. The van der Waals surface area contributed by atoms with Crippen molar-refractivity contribution in [2.75, 3.05) is 20.2 Å². The fourth-order valence-corrected chi connectivity index (χ4v) is 4.29. The number of carbonyl (C=O) groups is 1. The number of rotatable bonds is 8. The van der Waals surface area contributed by atoms with Crippen LogP contribution in [0.5, 0.6) is 0 Å². The molecule has 0 unspecified atom stereocenters. The van der Waals surface area contributed by atoms with Crippen LogP contribution in [0.1, 0.15) is 27.2 Å². The summed E-state index contributed by atoms with van der Waals surface area (Å²) in [6, 6.07) is 14.7. The first kappa shape index (κ1) is 22.3. The minimum absolute atomic E-state index is 0. The minimum Gasteiger partial charge on any atom is -0.380 e. The highest BCUT2D eigenvalue weighted by Gasteiger charge is 2.24. The van der Waals surface area contributed by atoms with Crippen LogP contribution in [0.25, 0.3) is 10.1 Å². The Kier molecular flexibility index (Phi) is 8.38. The predicted molar refractivity (Wildman–Crippen MR) is 115 cm³/mol. The Morgan fingerprint density at radius 1 is 1.18 bits per heavy atom. The van der Waals surface area contributed by atoms with E-state index in [4.69, 9.17) is 10.5 Å². The number of ether oxygens (including phenoxy) is 1. The van der Waals surface area contributed by atoms with Crippen molar-refractivity contribution in [2.24, 2.45) is 5.73 Å². The predicted octanol–water partition coefficient (Wildman–Crippen LogP) is 4.60. The van der Waals surface area contributed by atoms with E-state index in [2.05, 4.69) is 0 Å². The number of hydrogen-bond acceptors (Lipinski definition) is 4. The molecule has 3 aromatic rings. The summed E-state index contributed by atoms with van der Waals surface area (Å²) >= 11 is 1.32. The van der Waals surface area contributed by atoms with Gasteiger partial charge in [0.2, 0.25) is 0 Å². The molecule has 0 saturated carbocycles. The molecule has 0 aliphatic rings. The highest BCUT2D eigenvalue weighted by Crippen LogP contribution is 2.34. The molecule has 28 heavy (non-hydrogen) atoms. The highest BCUT2D eigenvalue weighted by atomic mass is 35.5. The maximum absolute atomic E-state index is 14.4. The summed E-state index contributed by atoms with van der Waals surface area (Å²) in [4.78, 5) is 15.7. The van der Waals surface area contributed by atoms with Crippen LogP contribution in [-0.4, -0.2) is 31.0 Å². The van der Waals surface area contributed by atoms with Crippen LogP contribution in [0.2, 0.25) is 0 Å². The van der Waals surface area contributed by atoms with Gasteiger partial charge in [0, 0.05) is 35.8 Å². The van der Waals surface area contributed by atoms with Gasteiger partial charge < -0.3 is 15.4 Å². The molecule has 7 heteroatoms. The van der Waals surface area contributed by atoms with Gasteiger partial charge in [-0.3, -0.25) is 4.79 Å². The number of halogens is 2. The normalized spacial score (nSPS) is 10.7. The fourth-order valence-electron chi connectivity index (χ4n) is 3.10. The van der Waals surface area contributed by atoms with E-state index < -0.39 is 0 Å². The van der Waals surface area contributed by atoms with Crippen LogP contribution in [-0.2, 0) is 17.9 Å². The Morgan fingerprint density at radius 3 is 2.61 bits per heavy atom. The Balaban J connectivity index is 0.00000280. The maximum atomic E-state index is 14.4. The van der Waals surface area contributed by atoms with Gasteiger partial charge in [-0.05, 0) is 30.7 Å². The van der Waals surface area contributed by atoms with E-state index >= 15 is 0 Å². The zero-order valence-corrected chi connectivity index (χ0v) is 17.3. The van der Waals surface area contributed by atoms with Crippen molar-refractivity contribution in [3.8, 4) is 0 Å². The lowest BCUT2D eigenvalue weighted by molar-refractivity contribution is 0.0743. The highest BCUT2D eigenvalue weighted by molar-refractivity contribution is 7.21. The summed E-state index contributed by atoms with van der Waals surface area (Å²) < 4.78 is 20.4.